The number of hydrogen-bond acceptors (Lipinski definition) is 15. The summed E-state index contributed by atoms with van der Waals surface area (Å²) in [5, 5.41) is 10.6. The third-order valence-corrected chi connectivity index (χ3v) is 19.3. The van der Waals surface area contributed by atoms with Crippen LogP contribution in [0.2, 0.25) is 0 Å². The lowest BCUT2D eigenvalue weighted by atomic mass is 10.00. The number of esters is 4. The molecule has 0 aliphatic carbocycles. The van der Waals surface area contributed by atoms with Crippen molar-refractivity contribution in [3.05, 3.63) is 0 Å². The van der Waals surface area contributed by atoms with Crippen LogP contribution >= 0.6 is 15.6 Å². The number of phosphoric acid groups is 2. The lowest BCUT2D eigenvalue weighted by Gasteiger charge is -2.21. The average Bonchev–Trinajstić information content (AvgIpc) is 2.64. The lowest BCUT2D eigenvalue weighted by molar-refractivity contribution is -0.161. The van der Waals surface area contributed by atoms with E-state index >= 15 is 0 Å². The van der Waals surface area contributed by atoms with Gasteiger partial charge in [0.25, 0.3) is 0 Å². The number of ether oxygens (including phenoxy) is 4. The highest BCUT2D eigenvalue weighted by molar-refractivity contribution is 7.47. The van der Waals surface area contributed by atoms with Gasteiger partial charge < -0.3 is 33.8 Å². The maximum Gasteiger partial charge on any atom is 0.472 e. The van der Waals surface area contributed by atoms with E-state index in [0.717, 1.165) is 109 Å². The van der Waals surface area contributed by atoms with Crippen LogP contribution in [0.1, 0.15) is 381 Å². The molecule has 17 nitrogen and oxygen atoms in total. The highest BCUT2D eigenvalue weighted by atomic mass is 31.2. The van der Waals surface area contributed by atoms with Crippen molar-refractivity contribution in [1.29, 1.82) is 0 Å². The number of rotatable bonds is 73. The van der Waals surface area contributed by atoms with Crippen LogP contribution in [0.25, 0.3) is 0 Å². The van der Waals surface area contributed by atoms with Gasteiger partial charge in [-0.15, -0.1) is 0 Å². The van der Waals surface area contributed by atoms with Gasteiger partial charge in [-0.05, 0) is 31.6 Å². The molecule has 19 heteroatoms. The predicted octanol–water partition coefficient (Wildman–Crippen LogP) is 21.3. The van der Waals surface area contributed by atoms with Gasteiger partial charge in [0.1, 0.15) is 19.3 Å². The van der Waals surface area contributed by atoms with E-state index in [4.69, 9.17) is 37.0 Å². The molecule has 0 saturated carbocycles. The normalized spacial score (nSPS) is 14.3. The van der Waals surface area contributed by atoms with Gasteiger partial charge in [0.05, 0.1) is 26.4 Å². The molecule has 0 aromatic carbocycles. The van der Waals surface area contributed by atoms with Crippen LogP contribution < -0.4 is 0 Å². The van der Waals surface area contributed by atoms with Crippen LogP contribution in [-0.2, 0) is 65.4 Å². The zero-order chi connectivity index (χ0) is 67.7. The minimum absolute atomic E-state index is 0.103. The number of carbonyl (C=O) groups excluding carboxylic acids is 4. The first-order valence-electron chi connectivity index (χ1n) is 38.2. The Bertz CT molecular complexity index is 1770. The number of aliphatic hydroxyl groups is 1. The molecule has 92 heavy (non-hydrogen) atoms. The molecule has 3 unspecified atom stereocenters. The molecule has 0 aliphatic rings. The molecule has 6 atom stereocenters. The Balaban J connectivity index is 5.18. The molecule has 0 heterocycles. The van der Waals surface area contributed by atoms with Crippen LogP contribution in [0.3, 0.4) is 0 Å². The van der Waals surface area contributed by atoms with Crippen molar-refractivity contribution in [2.45, 2.75) is 400 Å². The molecular weight excluding hydrogens is 1210 g/mol. The Morgan fingerprint density at radius 1 is 0.304 bits per heavy atom. The molecule has 546 valence electrons. The molecule has 0 fully saturated rings. The Labute approximate surface area is 562 Å². The first-order valence-corrected chi connectivity index (χ1v) is 41.2. The van der Waals surface area contributed by atoms with Crippen LogP contribution in [0, 0.1) is 5.92 Å². The van der Waals surface area contributed by atoms with Gasteiger partial charge in [-0.3, -0.25) is 37.3 Å². The third-order valence-electron chi connectivity index (χ3n) is 17.4. The average molecular weight is 1350 g/mol. The van der Waals surface area contributed by atoms with Gasteiger partial charge in [0.2, 0.25) is 0 Å². The minimum Gasteiger partial charge on any atom is -0.462 e. The monoisotopic (exact) mass is 1350 g/mol. The van der Waals surface area contributed by atoms with Gasteiger partial charge in [0, 0.05) is 25.7 Å². The maximum absolute atomic E-state index is 13.1. The third kappa shape index (κ3) is 65.4. The van der Waals surface area contributed by atoms with E-state index in [0.29, 0.717) is 25.7 Å². The van der Waals surface area contributed by atoms with Crippen LogP contribution in [-0.4, -0.2) is 96.7 Å². The molecule has 0 rings (SSSR count). The number of aliphatic hydroxyl groups excluding tert-OH is 1. The highest BCUT2D eigenvalue weighted by Gasteiger charge is 2.30. The molecule has 3 N–H and O–H groups in total. The van der Waals surface area contributed by atoms with E-state index in [1.165, 1.54) is 193 Å². The molecule has 0 aromatic rings. The second kappa shape index (κ2) is 66.3. The van der Waals surface area contributed by atoms with Gasteiger partial charge in [0.15, 0.2) is 12.2 Å². The molecule has 0 spiro atoms. The SMILES string of the molecule is CCCCCCCCCCCCCCCCCCCCCC(=O)O[C@H](COC(=O)CCCCCCCCCCCCCCCCCC)COP(=O)(O)OC[C@@H](O)COP(=O)(O)OC[C@@H](COC(=O)CCCCCCCCC)OC(=O)CCCCCCCCC(C)CC. The zero-order valence-electron chi connectivity index (χ0n) is 59.7. The van der Waals surface area contributed by atoms with Crippen LogP contribution in [0.15, 0.2) is 0 Å². The van der Waals surface area contributed by atoms with E-state index < -0.39 is 97.5 Å². The summed E-state index contributed by atoms with van der Waals surface area (Å²) in [6.45, 7) is 7.18. The number of hydrogen-bond donors (Lipinski definition) is 3. The fourth-order valence-electron chi connectivity index (χ4n) is 11.1. The summed E-state index contributed by atoms with van der Waals surface area (Å²) in [7, 11) is -9.90. The van der Waals surface area contributed by atoms with Crippen molar-refractivity contribution in [1.82, 2.24) is 0 Å². The van der Waals surface area contributed by atoms with Crippen molar-refractivity contribution >= 4 is 39.5 Å². The standard InChI is InChI=1S/C73H142O17P2/c1-6-10-13-16-19-21-23-25-27-29-30-31-33-35-37-39-42-48-53-58-72(77)89-68(63-84-71(76)57-52-47-41-38-36-34-32-28-26-24-22-20-17-14-11-7-2)64-87-91(79,80)85-60-67(74)61-86-92(81,82)88-65-69(62-83-70(75)56-51-46-40-18-15-12-8-3)90-73(78)59-54-49-44-43-45-50-55-66(5)9-4/h66-69,74H,6-65H2,1-5H3,(H,79,80)(H,81,82)/t66?,67-,68-,69-/m1/s1. The number of carbonyl (C=O) groups is 4. The predicted molar refractivity (Wildman–Crippen MR) is 372 cm³/mol. The van der Waals surface area contributed by atoms with Crippen molar-refractivity contribution in [2.24, 2.45) is 5.92 Å². The molecule has 0 aromatic heterocycles. The zero-order valence-corrected chi connectivity index (χ0v) is 61.5. The summed E-state index contributed by atoms with van der Waals surface area (Å²) in [6.07, 6.45) is 54.4. The van der Waals surface area contributed by atoms with E-state index in [-0.39, 0.29) is 25.7 Å². The van der Waals surface area contributed by atoms with Crippen molar-refractivity contribution in [2.75, 3.05) is 39.6 Å². The number of unbranched alkanes of at least 4 members (excludes halogenated alkanes) is 44. The summed E-state index contributed by atoms with van der Waals surface area (Å²) >= 11 is 0. The summed E-state index contributed by atoms with van der Waals surface area (Å²) in [4.78, 5) is 72.5. The summed E-state index contributed by atoms with van der Waals surface area (Å²) in [6, 6.07) is 0. The maximum atomic E-state index is 13.1. The number of phosphoric ester groups is 2. The molecule has 0 saturated heterocycles. The first kappa shape index (κ1) is 90.1. The minimum atomic E-state index is -4.95. The molecular formula is C73H142O17P2. The summed E-state index contributed by atoms with van der Waals surface area (Å²) in [5.41, 5.74) is 0. The van der Waals surface area contributed by atoms with Crippen molar-refractivity contribution < 1.29 is 80.2 Å². The van der Waals surface area contributed by atoms with Gasteiger partial charge in [-0.25, -0.2) is 9.13 Å². The topological polar surface area (TPSA) is 237 Å². The van der Waals surface area contributed by atoms with Gasteiger partial charge in [-0.2, -0.15) is 0 Å². The first-order chi connectivity index (χ1) is 44.6. The Kier molecular flexibility index (Phi) is 64.9. The summed E-state index contributed by atoms with van der Waals surface area (Å²) < 4.78 is 68.3. The molecule has 0 amide bonds. The fourth-order valence-corrected chi connectivity index (χ4v) is 12.7. The van der Waals surface area contributed by atoms with Crippen molar-refractivity contribution in [3.63, 3.8) is 0 Å². The van der Waals surface area contributed by atoms with E-state index in [9.17, 15) is 43.2 Å². The van der Waals surface area contributed by atoms with E-state index in [1.807, 2.05) is 0 Å². The largest absolute Gasteiger partial charge is 0.472 e. The van der Waals surface area contributed by atoms with Crippen LogP contribution in [0.5, 0.6) is 0 Å². The highest BCUT2D eigenvalue weighted by Crippen LogP contribution is 2.45. The molecule has 0 radical (unpaired) electrons. The summed E-state index contributed by atoms with van der Waals surface area (Å²) in [5.74, 6) is -1.40. The Hall–Kier alpha value is -1.94. The van der Waals surface area contributed by atoms with Crippen molar-refractivity contribution in [3.8, 4) is 0 Å². The lowest BCUT2D eigenvalue weighted by Crippen LogP contribution is -2.30. The molecule has 0 aliphatic heterocycles. The van der Waals surface area contributed by atoms with E-state index in [2.05, 4.69) is 34.6 Å². The second-order valence-electron chi connectivity index (χ2n) is 26.6. The fraction of sp³-hybridized carbons (Fsp3) is 0.945. The second-order valence-corrected chi connectivity index (χ2v) is 29.5. The quantitative estimate of drug-likeness (QED) is 0.0222. The Morgan fingerprint density at radius 3 is 0.772 bits per heavy atom. The molecule has 0 bridgehead atoms. The Morgan fingerprint density at radius 2 is 0.522 bits per heavy atom. The smallest absolute Gasteiger partial charge is 0.462 e. The van der Waals surface area contributed by atoms with E-state index in [1.54, 1.807) is 0 Å². The van der Waals surface area contributed by atoms with Gasteiger partial charge in [-0.1, -0.05) is 330 Å². The van der Waals surface area contributed by atoms with Crippen LogP contribution in [0.4, 0.5) is 0 Å². The van der Waals surface area contributed by atoms with Gasteiger partial charge >= 0.3 is 39.5 Å².